The van der Waals surface area contributed by atoms with Crippen LogP contribution in [0.15, 0.2) is 52.1 Å². The number of aromatic amines is 1. The molecule has 0 amide bonds. The number of fused-ring (bicyclic) bond motifs is 1. The van der Waals surface area contributed by atoms with Gasteiger partial charge in [-0.05, 0) is 18.2 Å². The van der Waals surface area contributed by atoms with Crippen molar-refractivity contribution in [3.8, 4) is 5.75 Å². The Morgan fingerprint density at radius 1 is 1.20 bits per heavy atom. The Hall–Kier alpha value is -3.87. The van der Waals surface area contributed by atoms with Crippen molar-refractivity contribution in [3.05, 3.63) is 73.4 Å². The topological polar surface area (TPSA) is 165 Å². The first kappa shape index (κ1) is 20.9. The number of nitrogens with zero attached hydrogens (tertiary/aromatic N) is 2. The summed E-state index contributed by atoms with van der Waals surface area (Å²) in [6, 6.07) is 11.1. The van der Waals surface area contributed by atoms with Crippen molar-refractivity contribution < 1.29 is 18.1 Å². The van der Waals surface area contributed by atoms with Crippen LogP contribution in [0.1, 0.15) is 0 Å². The van der Waals surface area contributed by atoms with Crippen LogP contribution in [-0.2, 0) is 10.0 Å². The van der Waals surface area contributed by atoms with E-state index < -0.39 is 26.2 Å². The van der Waals surface area contributed by atoms with Gasteiger partial charge in [0.1, 0.15) is 18.0 Å². The van der Waals surface area contributed by atoms with Crippen molar-refractivity contribution in [1.82, 2.24) is 9.66 Å². The third-order valence-electron chi connectivity index (χ3n) is 3.90. The zero-order valence-electron chi connectivity index (χ0n) is 15.6. The van der Waals surface area contributed by atoms with E-state index in [9.17, 15) is 28.1 Å². The Morgan fingerprint density at radius 2 is 1.90 bits per heavy atom. The molecule has 1 heterocycles. The van der Waals surface area contributed by atoms with E-state index in [1.165, 1.54) is 6.07 Å². The van der Waals surface area contributed by atoms with E-state index in [-0.39, 0.29) is 40.1 Å². The van der Waals surface area contributed by atoms with E-state index in [4.69, 9.17) is 4.74 Å². The van der Waals surface area contributed by atoms with Gasteiger partial charge in [-0.3, -0.25) is 14.9 Å². The number of para-hydroxylation sites is 1. The van der Waals surface area contributed by atoms with Gasteiger partial charge < -0.3 is 15.0 Å². The molecule has 0 spiro atoms. The molecule has 2 aromatic carbocycles. The van der Waals surface area contributed by atoms with Gasteiger partial charge in [-0.2, -0.15) is 4.68 Å². The molecule has 0 fully saturated rings. The second-order valence-electron chi connectivity index (χ2n) is 6.19. The summed E-state index contributed by atoms with van der Waals surface area (Å²) in [7, 11) is -3.91. The lowest BCUT2D eigenvalue weighted by atomic mass is 10.2. The zero-order valence-corrected chi connectivity index (χ0v) is 16.4. The van der Waals surface area contributed by atoms with Crippen molar-refractivity contribution in [2.24, 2.45) is 0 Å². The molecule has 158 valence electrons. The number of anilines is 1. The first-order chi connectivity index (χ1) is 14.2. The molecule has 0 saturated carbocycles. The third kappa shape index (κ3) is 4.75. The SMILES string of the molecule is CS(=O)(=O)Nn1c(=O)[nH]c2cc([N+](=O)[O-])c(NCCOc3ccccc3)cc2c1=O. The fraction of sp³-hybridized carbons (Fsp3) is 0.176. The Morgan fingerprint density at radius 3 is 2.53 bits per heavy atom. The van der Waals surface area contributed by atoms with Gasteiger partial charge in [-0.25, -0.2) is 18.0 Å². The summed E-state index contributed by atoms with van der Waals surface area (Å²) in [6.07, 6.45) is 0.776. The molecule has 1 aromatic heterocycles. The fourth-order valence-electron chi connectivity index (χ4n) is 2.67. The number of nitrogens with one attached hydrogen (secondary N) is 3. The number of aromatic nitrogens is 2. The highest BCUT2D eigenvalue weighted by molar-refractivity contribution is 7.91. The maximum Gasteiger partial charge on any atom is 0.348 e. The van der Waals surface area contributed by atoms with Gasteiger partial charge in [0, 0.05) is 12.6 Å². The average Bonchev–Trinajstić information content (AvgIpc) is 2.68. The summed E-state index contributed by atoms with van der Waals surface area (Å²) in [5.74, 6) is 0.625. The maximum absolute atomic E-state index is 12.6. The Labute approximate surface area is 169 Å². The van der Waals surface area contributed by atoms with Gasteiger partial charge >= 0.3 is 5.69 Å². The predicted molar refractivity (Wildman–Crippen MR) is 110 cm³/mol. The fourth-order valence-corrected chi connectivity index (χ4v) is 3.16. The summed E-state index contributed by atoms with van der Waals surface area (Å²) in [4.78, 5) is 39.4. The molecule has 0 aliphatic heterocycles. The number of sulfonamides is 1. The maximum atomic E-state index is 12.6. The summed E-state index contributed by atoms with van der Waals surface area (Å²) in [6.45, 7) is 0.366. The number of nitro groups is 1. The van der Waals surface area contributed by atoms with Gasteiger partial charge in [-0.1, -0.05) is 18.2 Å². The third-order valence-corrected chi connectivity index (χ3v) is 4.41. The molecule has 0 atom stereocenters. The van der Waals surface area contributed by atoms with Gasteiger partial charge in [-0.15, -0.1) is 0 Å². The minimum Gasteiger partial charge on any atom is -0.492 e. The lowest BCUT2D eigenvalue weighted by Crippen LogP contribution is -2.43. The van der Waals surface area contributed by atoms with Crippen LogP contribution in [0.5, 0.6) is 5.75 Å². The quantitative estimate of drug-likeness (QED) is 0.263. The second kappa shape index (κ2) is 8.24. The predicted octanol–water partition coefficient (Wildman–Crippen LogP) is 0.592. The van der Waals surface area contributed by atoms with Crippen LogP contribution in [0.4, 0.5) is 11.4 Å². The lowest BCUT2D eigenvalue weighted by Gasteiger charge is -2.11. The number of benzene rings is 2. The number of nitro benzene ring substituents is 1. The number of hydrogen-bond donors (Lipinski definition) is 3. The van der Waals surface area contributed by atoms with E-state index in [1.807, 2.05) is 6.07 Å². The number of rotatable bonds is 8. The second-order valence-corrected chi connectivity index (χ2v) is 7.92. The number of hydrogen-bond acceptors (Lipinski definition) is 8. The van der Waals surface area contributed by atoms with Crippen LogP contribution in [0, 0.1) is 10.1 Å². The van der Waals surface area contributed by atoms with Gasteiger partial charge in [0.2, 0.25) is 10.0 Å². The van der Waals surface area contributed by atoms with Crippen molar-refractivity contribution in [2.45, 2.75) is 0 Å². The van der Waals surface area contributed by atoms with E-state index in [2.05, 4.69) is 10.3 Å². The van der Waals surface area contributed by atoms with Crippen LogP contribution in [0.3, 0.4) is 0 Å². The summed E-state index contributed by atoms with van der Waals surface area (Å²) in [5.41, 5.74) is -2.51. The van der Waals surface area contributed by atoms with E-state index >= 15 is 0 Å². The van der Waals surface area contributed by atoms with E-state index in [0.717, 1.165) is 12.3 Å². The summed E-state index contributed by atoms with van der Waals surface area (Å²) in [5, 5.41) is 14.1. The highest BCUT2D eigenvalue weighted by atomic mass is 32.2. The molecule has 0 saturated heterocycles. The molecule has 13 heteroatoms. The highest BCUT2D eigenvalue weighted by Crippen LogP contribution is 2.27. The van der Waals surface area contributed by atoms with Crippen LogP contribution < -0.4 is 26.1 Å². The Kier molecular flexibility index (Phi) is 5.73. The molecule has 0 unspecified atom stereocenters. The van der Waals surface area contributed by atoms with Crippen molar-refractivity contribution in [2.75, 3.05) is 29.6 Å². The van der Waals surface area contributed by atoms with Crippen LogP contribution in [0.2, 0.25) is 0 Å². The van der Waals surface area contributed by atoms with Crippen molar-refractivity contribution >= 4 is 32.3 Å². The van der Waals surface area contributed by atoms with Crippen molar-refractivity contribution in [3.63, 3.8) is 0 Å². The molecule has 12 nitrogen and oxygen atoms in total. The molecule has 3 aromatic rings. The van der Waals surface area contributed by atoms with Crippen LogP contribution >= 0.6 is 0 Å². The van der Waals surface area contributed by atoms with Crippen LogP contribution in [0.25, 0.3) is 10.9 Å². The number of ether oxygens (including phenoxy) is 1. The standard InChI is InChI=1S/C17H17N5O7S/c1-30(27,28)20-21-16(23)12-9-14(15(22(25)26)10-13(12)19-17(21)24)18-7-8-29-11-5-3-2-4-6-11/h2-6,9-10,18,20H,7-8H2,1H3,(H,19,24). The monoisotopic (exact) mass is 435 g/mol. The minimum atomic E-state index is -3.91. The smallest absolute Gasteiger partial charge is 0.348 e. The van der Waals surface area contributed by atoms with Crippen molar-refractivity contribution in [1.29, 1.82) is 0 Å². The molecule has 3 rings (SSSR count). The average molecular weight is 435 g/mol. The molecule has 30 heavy (non-hydrogen) atoms. The molecular weight excluding hydrogens is 418 g/mol. The lowest BCUT2D eigenvalue weighted by molar-refractivity contribution is -0.383. The molecular formula is C17H17N5O7S. The summed E-state index contributed by atoms with van der Waals surface area (Å²) < 4.78 is 28.6. The molecule has 0 aliphatic rings. The Bertz CT molecular complexity index is 1320. The first-order valence-electron chi connectivity index (χ1n) is 8.53. The Balaban J connectivity index is 1.94. The molecule has 0 radical (unpaired) electrons. The van der Waals surface area contributed by atoms with Crippen LogP contribution in [-0.4, -0.2) is 42.4 Å². The van der Waals surface area contributed by atoms with Gasteiger partial charge in [0.05, 0.1) is 22.1 Å². The normalized spacial score (nSPS) is 11.2. The van der Waals surface area contributed by atoms with E-state index in [1.54, 1.807) is 29.1 Å². The highest BCUT2D eigenvalue weighted by Gasteiger charge is 2.19. The first-order valence-corrected chi connectivity index (χ1v) is 10.4. The minimum absolute atomic E-state index is 0.0132. The molecule has 3 N–H and O–H groups in total. The van der Waals surface area contributed by atoms with Gasteiger partial charge in [0.25, 0.3) is 11.2 Å². The zero-order chi connectivity index (χ0) is 21.9. The summed E-state index contributed by atoms with van der Waals surface area (Å²) >= 11 is 0. The number of H-pyrrole nitrogens is 1. The largest absolute Gasteiger partial charge is 0.492 e. The molecule has 0 bridgehead atoms. The van der Waals surface area contributed by atoms with E-state index in [0.29, 0.717) is 5.75 Å². The molecule has 0 aliphatic carbocycles. The van der Waals surface area contributed by atoms with Gasteiger partial charge in [0.15, 0.2) is 0 Å².